The summed E-state index contributed by atoms with van der Waals surface area (Å²) >= 11 is 3.52. The van der Waals surface area contributed by atoms with Crippen LogP contribution in [0.1, 0.15) is 24.1 Å². The molecule has 1 N–H and O–H groups in total. The summed E-state index contributed by atoms with van der Waals surface area (Å²) in [5.41, 5.74) is 2.07. The Morgan fingerprint density at radius 2 is 2.09 bits per heavy atom. The lowest BCUT2D eigenvalue weighted by molar-refractivity contribution is 0.192. The number of hydrogen-bond donors (Lipinski definition) is 1. The van der Waals surface area contributed by atoms with E-state index in [2.05, 4.69) is 32.3 Å². The van der Waals surface area contributed by atoms with E-state index >= 15 is 0 Å². The van der Waals surface area contributed by atoms with Gasteiger partial charge >= 0.3 is 0 Å². The molecule has 2 rings (SSSR count). The van der Waals surface area contributed by atoms with Gasteiger partial charge in [0.2, 0.25) is 0 Å². The standard InChI is InChI=1S/C18H23BrN2O2/c1-22-11-5-4-9-20-13-15-12-16(19)7-8-18(15)23-14-17-6-2-3-10-21-17/h2-3,6-8,10,12,20H,4-5,9,11,13-14H2,1H3. The van der Waals surface area contributed by atoms with Gasteiger partial charge in [0.25, 0.3) is 0 Å². The molecule has 1 aromatic carbocycles. The average Bonchev–Trinajstić information content (AvgIpc) is 2.58. The predicted octanol–water partition coefficient (Wildman–Crippen LogP) is 3.94. The molecule has 4 nitrogen and oxygen atoms in total. The molecule has 1 heterocycles. The summed E-state index contributed by atoms with van der Waals surface area (Å²) in [6.07, 6.45) is 3.96. The summed E-state index contributed by atoms with van der Waals surface area (Å²) in [7, 11) is 1.74. The maximum absolute atomic E-state index is 5.93. The van der Waals surface area contributed by atoms with Crippen LogP contribution in [-0.4, -0.2) is 25.2 Å². The Bertz CT molecular complexity index is 578. The Kier molecular flexibility index (Phi) is 8.07. The Balaban J connectivity index is 1.86. The largest absolute Gasteiger partial charge is 0.487 e. The van der Waals surface area contributed by atoms with Gasteiger partial charge in [-0.1, -0.05) is 22.0 Å². The number of halogens is 1. The van der Waals surface area contributed by atoms with Crippen LogP contribution in [0, 0.1) is 0 Å². The van der Waals surface area contributed by atoms with Crippen molar-refractivity contribution in [2.45, 2.75) is 26.0 Å². The Hall–Kier alpha value is -1.43. The van der Waals surface area contributed by atoms with Crippen molar-refractivity contribution in [1.29, 1.82) is 0 Å². The quantitative estimate of drug-likeness (QED) is 0.635. The molecule has 0 spiro atoms. The highest BCUT2D eigenvalue weighted by atomic mass is 79.9. The first-order valence-electron chi connectivity index (χ1n) is 7.80. The number of benzene rings is 1. The fourth-order valence-corrected chi connectivity index (χ4v) is 2.59. The van der Waals surface area contributed by atoms with Crippen molar-refractivity contribution in [3.05, 3.63) is 58.3 Å². The molecule has 1 aromatic heterocycles. The van der Waals surface area contributed by atoms with Gasteiger partial charge in [0.15, 0.2) is 0 Å². The number of pyridine rings is 1. The summed E-state index contributed by atoms with van der Waals surface area (Å²) in [5, 5.41) is 3.45. The lowest BCUT2D eigenvalue weighted by Crippen LogP contribution is -2.16. The van der Waals surface area contributed by atoms with E-state index in [4.69, 9.17) is 9.47 Å². The first-order chi connectivity index (χ1) is 11.3. The molecule has 0 bridgehead atoms. The molecule has 0 aliphatic rings. The van der Waals surface area contributed by atoms with Gasteiger partial charge in [0.05, 0.1) is 5.69 Å². The van der Waals surface area contributed by atoms with Gasteiger partial charge in [-0.25, -0.2) is 0 Å². The molecule has 0 radical (unpaired) electrons. The van der Waals surface area contributed by atoms with Gasteiger partial charge in [0.1, 0.15) is 12.4 Å². The minimum absolute atomic E-state index is 0.476. The smallest absolute Gasteiger partial charge is 0.130 e. The molecule has 0 fully saturated rings. The molecule has 5 heteroatoms. The molecule has 0 atom stereocenters. The fourth-order valence-electron chi connectivity index (χ4n) is 2.18. The summed E-state index contributed by atoms with van der Waals surface area (Å²) < 4.78 is 12.0. The van der Waals surface area contributed by atoms with E-state index in [1.54, 1.807) is 13.3 Å². The highest BCUT2D eigenvalue weighted by Gasteiger charge is 2.05. The number of rotatable bonds is 10. The van der Waals surface area contributed by atoms with Crippen molar-refractivity contribution in [2.75, 3.05) is 20.3 Å². The van der Waals surface area contributed by atoms with Gasteiger partial charge in [-0.2, -0.15) is 0 Å². The maximum Gasteiger partial charge on any atom is 0.130 e. The number of aromatic nitrogens is 1. The summed E-state index contributed by atoms with van der Waals surface area (Å²) in [6, 6.07) is 11.9. The van der Waals surface area contributed by atoms with Crippen LogP contribution in [0.25, 0.3) is 0 Å². The van der Waals surface area contributed by atoms with Crippen LogP contribution >= 0.6 is 15.9 Å². The molecule has 124 valence electrons. The SMILES string of the molecule is COCCCCNCc1cc(Br)ccc1OCc1ccccn1. The zero-order chi connectivity index (χ0) is 16.3. The van der Waals surface area contributed by atoms with Crippen molar-refractivity contribution in [2.24, 2.45) is 0 Å². The first kappa shape index (κ1) is 17.9. The third-order valence-electron chi connectivity index (χ3n) is 3.39. The second-order valence-corrected chi connectivity index (χ2v) is 6.15. The molecule has 0 amide bonds. The summed E-state index contributed by atoms with van der Waals surface area (Å²) in [6.45, 7) is 3.04. The van der Waals surface area contributed by atoms with Crippen molar-refractivity contribution >= 4 is 15.9 Å². The molecular formula is C18H23BrN2O2. The number of hydrogen-bond acceptors (Lipinski definition) is 4. The molecular weight excluding hydrogens is 356 g/mol. The van der Waals surface area contributed by atoms with Crippen LogP contribution < -0.4 is 10.1 Å². The zero-order valence-electron chi connectivity index (χ0n) is 13.4. The molecule has 0 saturated carbocycles. The van der Waals surface area contributed by atoms with E-state index in [1.165, 1.54) is 0 Å². The minimum Gasteiger partial charge on any atom is -0.487 e. The van der Waals surface area contributed by atoms with Crippen molar-refractivity contribution in [3.8, 4) is 5.75 Å². The predicted molar refractivity (Wildman–Crippen MR) is 95.5 cm³/mol. The van der Waals surface area contributed by atoms with Crippen LogP contribution in [0.5, 0.6) is 5.75 Å². The van der Waals surface area contributed by atoms with E-state index in [0.29, 0.717) is 6.61 Å². The lowest BCUT2D eigenvalue weighted by Gasteiger charge is -2.13. The van der Waals surface area contributed by atoms with E-state index in [9.17, 15) is 0 Å². The zero-order valence-corrected chi connectivity index (χ0v) is 15.0. The van der Waals surface area contributed by atoms with Crippen molar-refractivity contribution in [1.82, 2.24) is 10.3 Å². The molecule has 0 aliphatic carbocycles. The Morgan fingerprint density at radius 1 is 1.17 bits per heavy atom. The van der Waals surface area contributed by atoms with Crippen molar-refractivity contribution < 1.29 is 9.47 Å². The highest BCUT2D eigenvalue weighted by Crippen LogP contribution is 2.24. The number of methoxy groups -OCH3 is 1. The van der Waals surface area contributed by atoms with E-state index in [0.717, 1.165) is 54.0 Å². The first-order valence-corrected chi connectivity index (χ1v) is 8.59. The number of ether oxygens (including phenoxy) is 2. The van der Waals surface area contributed by atoms with Crippen LogP contribution in [-0.2, 0) is 17.9 Å². The average molecular weight is 379 g/mol. The van der Waals surface area contributed by atoms with Gasteiger partial charge in [0, 0.05) is 36.5 Å². The summed E-state index contributed by atoms with van der Waals surface area (Å²) in [4.78, 5) is 4.28. The number of nitrogens with one attached hydrogen (secondary N) is 1. The van der Waals surface area contributed by atoms with E-state index in [-0.39, 0.29) is 0 Å². The van der Waals surface area contributed by atoms with Crippen LogP contribution in [0.4, 0.5) is 0 Å². The third-order valence-corrected chi connectivity index (χ3v) is 3.88. The number of unbranched alkanes of at least 4 members (excludes halogenated alkanes) is 1. The molecule has 0 saturated heterocycles. The van der Waals surface area contributed by atoms with Crippen LogP contribution in [0.15, 0.2) is 47.1 Å². The third kappa shape index (κ3) is 6.69. The molecule has 23 heavy (non-hydrogen) atoms. The Morgan fingerprint density at radius 3 is 2.87 bits per heavy atom. The summed E-state index contributed by atoms with van der Waals surface area (Å²) in [5.74, 6) is 0.892. The normalized spacial score (nSPS) is 10.7. The molecule has 0 unspecified atom stereocenters. The molecule has 2 aromatic rings. The van der Waals surface area contributed by atoms with Gasteiger partial charge in [-0.15, -0.1) is 0 Å². The lowest BCUT2D eigenvalue weighted by atomic mass is 10.2. The van der Waals surface area contributed by atoms with E-state index < -0.39 is 0 Å². The minimum atomic E-state index is 0.476. The van der Waals surface area contributed by atoms with Gasteiger partial charge in [-0.05, 0) is 49.7 Å². The van der Waals surface area contributed by atoms with Gasteiger partial charge in [-0.3, -0.25) is 4.98 Å². The van der Waals surface area contributed by atoms with Crippen LogP contribution in [0.2, 0.25) is 0 Å². The van der Waals surface area contributed by atoms with Crippen molar-refractivity contribution in [3.63, 3.8) is 0 Å². The highest BCUT2D eigenvalue weighted by molar-refractivity contribution is 9.10. The second-order valence-electron chi connectivity index (χ2n) is 5.24. The second kappa shape index (κ2) is 10.4. The number of nitrogens with zero attached hydrogens (tertiary/aromatic N) is 1. The fraction of sp³-hybridized carbons (Fsp3) is 0.389. The maximum atomic E-state index is 5.93. The monoisotopic (exact) mass is 378 g/mol. The Labute approximate surface area is 146 Å². The van der Waals surface area contributed by atoms with Crippen LogP contribution in [0.3, 0.4) is 0 Å². The topological polar surface area (TPSA) is 43.4 Å². The van der Waals surface area contributed by atoms with Gasteiger partial charge < -0.3 is 14.8 Å². The molecule has 0 aliphatic heterocycles. The van der Waals surface area contributed by atoms with E-state index in [1.807, 2.05) is 30.3 Å².